The first kappa shape index (κ1) is 15.2. The molecule has 118 valence electrons. The van der Waals surface area contributed by atoms with Gasteiger partial charge in [0.05, 0.1) is 18.8 Å². The lowest BCUT2D eigenvalue weighted by atomic mass is 10.1. The Labute approximate surface area is 131 Å². The molecular formula is C17H24N4O. The van der Waals surface area contributed by atoms with Crippen molar-refractivity contribution in [3.05, 3.63) is 42.5 Å². The molecule has 0 amide bonds. The normalized spacial score (nSPS) is 21.6. The van der Waals surface area contributed by atoms with Crippen molar-refractivity contribution in [2.75, 3.05) is 13.2 Å². The van der Waals surface area contributed by atoms with Crippen LogP contribution < -0.4 is 0 Å². The molecule has 1 aromatic carbocycles. The van der Waals surface area contributed by atoms with E-state index in [9.17, 15) is 5.11 Å². The van der Waals surface area contributed by atoms with E-state index in [1.807, 2.05) is 35.0 Å². The number of hydrogen-bond acceptors (Lipinski definition) is 4. The van der Waals surface area contributed by atoms with E-state index in [1.54, 1.807) is 6.33 Å². The molecule has 0 unspecified atom stereocenters. The van der Waals surface area contributed by atoms with Gasteiger partial charge in [0.25, 0.3) is 0 Å². The Morgan fingerprint density at radius 1 is 1.27 bits per heavy atom. The van der Waals surface area contributed by atoms with Gasteiger partial charge in [-0.05, 0) is 37.3 Å². The summed E-state index contributed by atoms with van der Waals surface area (Å²) in [7, 11) is 0. The van der Waals surface area contributed by atoms with Crippen LogP contribution in [0.3, 0.4) is 0 Å². The van der Waals surface area contributed by atoms with Gasteiger partial charge in [0, 0.05) is 12.6 Å². The maximum absolute atomic E-state index is 9.34. The molecule has 0 aliphatic heterocycles. The molecule has 0 bridgehead atoms. The van der Waals surface area contributed by atoms with Crippen molar-refractivity contribution >= 4 is 0 Å². The van der Waals surface area contributed by atoms with E-state index in [1.165, 1.54) is 19.3 Å². The number of hydrogen-bond donors (Lipinski definition) is 1. The Morgan fingerprint density at radius 2 is 2.09 bits per heavy atom. The standard InChI is InChI=1S/C17H24N4O/c1-14-7-8-16(11-14)20(9-10-22)12-17-18-13-21(19-17)15-5-3-2-4-6-15/h2-6,13-14,16,22H,7-12H2,1H3/t14-,16+/m0/s1. The summed E-state index contributed by atoms with van der Waals surface area (Å²) in [6.45, 7) is 3.89. The predicted molar refractivity (Wildman–Crippen MR) is 85.7 cm³/mol. The lowest BCUT2D eigenvalue weighted by Gasteiger charge is -2.27. The second-order valence-electron chi connectivity index (χ2n) is 6.21. The highest BCUT2D eigenvalue weighted by Gasteiger charge is 2.27. The Bertz CT molecular complexity index is 583. The molecule has 2 atom stereocenters. The van der Waals surface area contributed by atoms with Crippen molar-refractivity contribution in [1.29, 1.82) is 0 Å². The summed E-state index contributed by atoms with van der Waals surface area (Å²) >= 11 is 0. The van der Waals surface area contributed by atoms with Crippen LogP contribution >= 0.6 is 0 Å². The van der Waals surface area contributed by atoms with Crippen LogP contribution in [0.1, 0.15) is 32.0 Å². The van der Waals surface area contributed by atoms with E-state index >= 15 is 0 Å². The van der Waals surface area contributed by atoms with Gasteiger partial charge in [-0.1, -0.05) is 25.1 Å². The molecule has 1 N–H and O–H groups in total. The fourth-order valence-electron chi connectivity index (χ4n) is 3.28. The van der Waals surface area contributed by atoms with E-state index in [0.717, 1.165) is 17.4 Å². The van der Waals surface area contributed by atoms with Crippen LogP contribution in [0.2, 0.25) is 0 Å². The number of aromatic nitrogens is 3. The summed E-state index contributed by atoms with van der Waals surface area (Å²) in [5.74, 6) is 1.60. The number of rotatable bonds is 6. The molecule has 3 rings (SSSR count). The van der Waals surface area contributed by atoms with Gasteiger partial charge in [-0.15, -0.1) is 5.10 Å². The minimum Gasteiger partial charge on any atom is -0.395 e. The minimum atomic E-state index is 0.185. The van der Waals surface area contributed by atoms with Gasteiger partial charge in [-0.3, -0.25) is 4.90 Å². The summed E-state index contributed by atoms with van der Waals surface area (Å²) in [5.41, 5.74) is 1.02. The molecular weight excluding hydrogens is 276 g/mol. The number of aliphatic hydroxyl groups excluding tert-OH is 1. The molecule has 5 nitrogen and oxygen atoms in total. The second-order valence-corrected chi connectivity index (χ2v) is 6.21. The van der Waals surface area contributed by atoms with Crippen molar-refractivity contribution in [3.63, 3.8) is 0 Å². The summed E-state index contributed by atoms with van der Waals surface area (Å²) in [5, 5.41) is 13.9. The lowest BCUT2D eigenvalue weighted by molar-refractivity contribution is 0.140. The van der Waals surface area contributed by atoms with E-state index in [-0.39, 0.29) is 6.61 Å². The van der Waals surface area contributed by atoms with Crippen LogP contribution in [0, 0.1) is 5.92 Å². The quantitative estimate of drug-likeness (QED) is 0.889. The van der Waals surface area contributed by atoms with E-state index in [4.69, 9.17) is 0 Å². The number of benzene rings is 1. The van der Waals surface area contributed by atoms with Crippen molar-refractivity contribution in [1.82, 2.24) is 19.7 Å². The van der Waals surface area contributed by atoms with Crippen LogP contribution in [-0.2, 0) is 6.54 Å². The van der Waals surface area contributed by atoms with E-state index in [0.29, 0.717) is 19.1 Å². The molecule has 1 saturated carbocycles. The molecule has 1 heterocycles. The number of nitrogens with zero attached hydrogens (tertiary/aromatic N) is 4. The van der Waals surface area contributed by atoms with Crippen LogP contribution in [-0.4, -0.2) is 44.0 Å². The summed E-state index contributed by atoms with van der Waals surface area (Å²) < 4.78 is 1.81. The van der Waals surface area contributed by atoms with Crippen LogP contribution in [0.5, 0.6) is 0 Å². The Hall–Kier alpha value is -1.72. The molecule has 1 aliphatic carbocycles. The molecule has 1 aliphatic rings. The third kappa shape index (κ3) is 3.54. The van der Waals surface area contributed by atoms with Crippen molar-refractivity contribution in [2.45, 2.75) is 38.8 Å². The maximum Gasteiger partial charge on any atom is 0.165 e. The van der Waals surface area contributed by atoms with Gasteiger partial charge in [-0.2, -0.15) is 0 Å². The Kier molecular flexibility index (Phi) is 4.85. The molecule has 2 aromatic rings. The zero-order valence-electron chi connectivity index (χ0n) is 13.1. The Morgan fingerprint density at radius 3 is 2.77 bits per heavy atom. The zero-order chi connectivity index (χ0) is 15.4. The fourth-order valence-corrected chi connectivity index (χ4v) is 3.28. The summed E-state index contributed by atoms with van der Waals surface area (Å²) in [4.78, 5) is 6.76. The first-order valence-corrected chi connectivity index (χ1v) is 8.07. The maximum atomic E-state index is 9.34. The molecule has 0 spiro atoms. The lowest BCUT2D eigenvalue weighted by Crippen LogP contribution is -2.35. The highest BCUT2D eigenvalue weighted by Crippen LogP contribution is 2.29. The fraction of sp³-hybridized carbons (Fsp3) is 0.529. The van der Waals surface area contributed by atoms with Gasteiger partial charge < -0.3 is 5.11 Å². The number of aliphatic hydroxyl groups is 1. The van der Waals surface area contributed by atoms with E-state index < -0.39 is 0 Å². The van der Waals surface area contributed by atoms with Gasteiger partial charge in [0.15, 0.2) is 5.82 Å². The second kappa shape index (κ2) is 7.03. The van der Waals surface area contributed by atoms with Gasteiger partial charge in [0.1, 0.15) is 6.33 Å². The molecule has 0 radical (unpaired) electrons. The van der Waals surface area contributed by atoms with Gasteiger partial charge in [-0.25, -0.2) is 9.67 Å². The predicted octanol–water partition coefficient (Wildman–Crippen LogP) is 2.25. The molecule has 1 fully saturated rings. The highest BCUT2D eigenvalue weighted by molar-refractivity contribution is 5.29. The molecule has 0 saturated heterocycles. The van der Waals surface area contributed by atoms with Gasteiger partial charge >= 0.3 is 0 Å². The average molecular weight is 300 g/mol. The first-order chi connectivity index (χ1) is 10.8. The number of para-hydroxylation sites is 1. The van der Waals surface area contributed by atoms with E-state index in [2.05, 4.69) is 21.9 Å². The first-order valence-electron chi connectivity index (χ1n) is 8.07. The Balaban J connectivity index is 1.69. The molecule has 5 heteroatoms. The molecule has 22 heavy (non-hydrogen) atoms. The van der Waals surface area contributed by atoms with Crippen LogP contribution in [0.25, 0.3) is 5.69 Å². The third-order valence-corrected chi connectivity index (χ3v) is 4.48. The SMILES string of the molecule is C[C@H]1CC[C@@H](N(CCO)Cc2ncn(-c3ccccc3)n2)C1. The van der Waals surface area contributed by atoms with Crippen LogP contribution in [0.4, 0.5) is 0 Å². The van der Waals surface area contributed by atoms with Crippen molar-refractivity contribution in [2.24, 2.45) is 5.92 Å². The minimum absolute atomic E-state index is 0.185. The third-order valence-electron chi connectivity index (χ3n) is 4.48. The van der Waals surface area contributed by atoms with Crippen molar-refractivity contribution < 1.29 is 5.11 Å². The van der Waals surface area contributed by atoms with Gasteiger partial charge in [0.2, 0.25) is 0 Å². The summed E-state index contributed by atoms with van der Waals surface area (Å²) in [6.07, 6.45) is 5.46. The molecule has 1 aromatic heterocycles. The summed E-state index contributed by atoms with van der Waals surface area (Å²) in [6, 6.07) is 10.6. The smallest absolute Gasteiger partial charge is 0.165 e. The monoisotopic (exact) mass is 300 g/mol. The van der Waals surface area contributed by atoms with Crippen molar-refractivity contribution in [3.8, 4) is 5.69 Å². The topological polar surface area (TPSA) is 54.2 Å². The zero-order valence-corrected chi connectivity index (χ0v) is 13.1. The largest absolute Gasteiger partial charge is 0.395 e. The average Bonchev–Trinajstić information content (AvgIpc) is 3.17. The highest BCUT2D eigenvalue weighted by atomic mass is 16.3. The van der Waals surface area contributed by atoms with Crippen LogP contribution in [0.15, 0.2) is 36.7 Å².